The zero-order valence-electron chi connectivity index (χ0n) is 24.9. The first kappa shape index (κ1) is 33.1. The Morgan fingerprint density at radius 2 is 1.58 bits per heavy atom. The Hall–Kier alpha value is -4.78. The second kappa shape index (κ2) is 16.3. The van der Waals surface area contributed by atoms with Gasteiger partial charge in [-0.25, -0.2) is 8.42 Å². The lowest BCUT2D eigenvalue weighted by Gasteiger charge is -2.24. The summed E-state index contributed by atoms with van der Waals surface area (Å²) in [6.45, 7) is 1.09. The zero-order chi connectivity index (χ0) is 32.1. The summed E-state index contributed by atoms with van der Waals surface area (Å²) in [5, 5.41) is 11.6. The van der Waals surface area contributed by atoms with Gasteiger partial charge < -0.3 is 26.2 Å². The molecule has 3 aromatic rings. The summed E-state index contributed by atoms with van der Waals surface area (Å²) >= 11 is 0. The quantitative estimate of drug-likeness (QED) is 0.317. The number of pyridine rings is 1. The van der Waals surface area contributed by atoms with Gasteiger partial charge in [-0.1, -0.05) is 48.5 Å². The average molecular weight is 635 g/mol. The average Bonchev–Trinajstić information content (AvgIpc) is 3.05. The van der Waals surface area contributed by atoms with Gasteiger partial charge in [-0.15, -0.1) is 0 Å². The summed E-state index contributed by atoms with van der Waals surface area (Å²) in [7, 11) is -3.67. The van der Waals surface area contributed by atoms with E-state index in [2.05, 4.69) is 26.3 Å². The molecule has 0 saturated heterocycles. The van der Waals surface area contributed by atoms with Crippen molar-refractivity contribution in [3.05, 3.63) is 90.3 Å². The predicted octanol–water partition coefficient (Wildman–Crippen LogP) is 1.55. The number of aromatic nitrogens is 1. The SMILES string of the molecule is O=C1CCCN(C(=O)CCS(=O)(=O)c2ccccc2)CCNC(=O)[C@H](Cc2ccccc2)NC(=O)c2cc(ccn2)NCCN1. The van der Waals surface area contributed by atoms with Gasteiger partial charge in [0.25, 0.3) is 5.91 Å². The molecule has 0 spiro atoms. The fourth-order valence-corrected chi connectivity index (χ4v) is 6.06. The topological polar surface area (TPSA) is 167 Å². The molecule has 0 saturated carbocycles. The normalized spacial score (nSPS) is 17.4. The summed E-state index contributed by atoms with van der Waals surface area (Å²) < 4.78 is 25.5. The maximum Gasteiger partial charge on any atom is 0.270 e. The van der Waals surface area contributed by atoms with Crippen molar-refractivity contribution in [3.63, 3.8) is 0 Å². The van der Waals surface area contributed by atoms with Crippen LogP contribution in [0.3, 0.4) is 0 Å². The highest BCUT2D eigenvalue weighted by molar-refractivity contribution is 7.91. The van der Waals surface area contributed by atoms with Gasteiger partial charge in [-0.05, 0) is 36.2 Å². The Labute approximate surface area is 262 Å². The Bertz CT molecular complexity index is 1570. The number of anilines is 1. The number of hydrogen-bond donors (Lipinski definition) is 4. The molecule has 12 nitrogen and oxygen atoms in total. The number of sulfone groups is 1. The molecule has 0 unspecified atom stereocenters. The molecule has 1 atom stereocenters. The molecule has 0 fully saturated rings. The van der Waals surface area contributed by atoms with E-state index in [9.17, 15) is 27.6 Å². The molecule has 13 heteroatoms. The Kier molecular flexibility index (Phi) is 12.0. The molecule has 2 bridgehead atoms. The van der Waals surface area contributed by atoms with E-state index in [4.69, 9.17) is 0 Å². The van der Waals surface area contributed by atoms with Crippen molar-refractivity contribution in [2.24, 2.45) is 0 Å². The molecule has 4 N–H and O–H groups in total. The molecular formula is C32H38N6O6S. The van der Waals surface area contributed by atoms with Crippen LogP contribution in [-0.2, 0) is 30.6 Å². The van der Waals surface area contributed by atoms with Gasteiger partial charge in [0.05, 0.1) is 10.6 Å². The fraction of sp³-hybridized carbons (Fsp3) is 0.344. The first-order valence-corrected chi connectivity index (χ1v) is 16.5. The number of benzene rings is 2. The number of carbonyl (C=O) groups is 4. The van der Waals surface area contributed by atoms with Crippen LogP contribution in [0.1, 0.15) is 35.3 Å². The predicted molar refractivity (Wildman–Crippen MR) is 169 cm³/mol. The van der Waals surface area contributed by atoms with Crippen molar-refractivity contribution in [2.75, 3.05) is 43.8 Å². The summed E-state index contributed by atoms with van der Waals surface area (Å²) in [6.07, 6.45) is 1.98. The lowest BCUT2D eigenvalue weighted by molar-refractivity contribution is -0.132. The van der Waals surface area contributed by atoms with Crippen LogP contribution in [-0.4, -0.2) is 86.4 Å². The van der Waals surface area contributed by atoms with Crippen molar-refractivity contribution in [1.29, 1.82) is 0 Å². The van der Waals surface area contributed by atoms with Crippen LogP contribution < -0.4 is 21.3 Å². The highest BCUT2D eigenvalue weighted by atomic mass is 32.2. The van der Waals surface area contributed by atoms with Gasteiger partial charge in [0, 0.05) is 63.9 Å². The Morgan fingerprint density at radius 3 is 2.33 bits per heavy atom. The lowest BCUT2D eigenvalue weighted by Crippen LogP contribution is -2.50. The van der Waals surface area contributed by atoms with E-state index in [1.165, 1.54) is 23.2 Å². The highest BCUT2D eigenvalue weighted by Crippen LogP contribution is 2.13. The Balaban J connectivity index is 1.48. The van der Waals surface area contributed by atoms with E-state index in [0.29, 0.717) is 25.2 Å². The zero-order valence-corrected chi connectivity index (χ0v) is 25.7. The van der Waals surface area contributed by atoms with Crippen molar-refractivity contribution in [2.45, 2.75) is 36.6 Å². The summed E-state index contributed by atoms with van der Waals surface area (Å²) in [4.78, 5) is 57.9. The second-order valence-electron chi connectivity index (χ2n) is 10.6. The van der Waals surface area contributed by atoms with Gasteiger partial charge in [0.2, 0.25) is 17.7 Å². The molecule has 45 heavy (non-hydrogen) atoms. The number of fused-ring (bicyclic) bond motifs is 2. The van der Waals surface area contributed by atoms with E-state index in [0.717, 1.165) is 5.56 Å². The molecule has 0 radical (unpaired) electrons. The number of amides is 4. The third kappa shape index (κ3) is 10.4. The van der Waals surface area contributed by atoms with Crippen LogP contribution in [0.4, 0.5) is 5.69 Å². The van der Waals surface area contributed by atoms with Crippen molar-refractivity contribution >= 4 is 39.2 Å². The smallest absolute Gasteiger partial charge is 0.270 e. The standard InChI is InChI=1S/C32H38N6O6S/c39-29-12-7-19-38(30(40)14-21-45(43,44)26-10-5-2-6-11-26)20-18-36-31(41)28(22-24-8-3-1-4-9-24)37-32(42)27-23-25(13-15-34-27)33-16-17-35-29/h1-6,8-11,13,15,23,28,33H,7,12,14,16-22H2,(H,35,39)(H,36,41)(H,37,42)/t28-/m0/s1. The highest BCUT2D eigenvalue weighted by Gasteiger charge is 2.24. The molecule has 1 aromatic heterocycles. The van der Waals surface area contributed by atoms with Crippen LogP contribution in [0.2, 0.25) is 0 Å². The second-order valence-corrected chi connectivity index (χ2v) is 12.7. The third-order valence-electron chi connectivity index (χ3n) is 7.23. The fourth-order valence-electron chi connectivity index (χ4n) is 4.81. The third-order valence-corrected chi connectivity index (χ3v) is 8.96. The molecule has 2 aromatic carbocycles. The van der Waals surface area contributed by atoms with Crippen LogP contribution >= 0.6 is 0 Å². The van der Waals surface area contributed by atoms with Gasteiger partial charge in [0.15, 0.2) is 9.84 Å². The van der Waals surface area contributed by atoms with E-state index in [1.807, 2.05) is 30.3 Å². The van der Waals surface area contributed by atoms with E-state index in [1.54, 1.807) is 30.3 Å². The number of nitrogens with one attached hydrogen (secondary N) is 4. The maximum absolute atomic E-state index is 13.4. The minimum atomic E-state index is -3.67. The van der Waals surface area contributed by atoms with Crippen LogP contribution in [0.25, 0.3) is 0 Å². The molecule has 2 heterocycles. The number of carbonyl (C=O) groups excluding carboxylic acids is 4. The van der Waals surface area contributed by atoms with Crippen molar-refractivity contribution in [3.8, 4) is 0 Å². The largest absolute Gasteiger partial charge is 0.383 e. The van der Waals surface area contributed by atoms with Gasteiger partial charge in [0.1, 0.15) is 11.7 Å². The van der Waals surface area contributed by atoms with Crippen LogP contribution in [0.5, 0.6) is 0 Å². The van der Waals surface area contributed by atoms with Crippen molar-refractivity contribution in [1.82, 2.24) is 25.8 Å². The first-order valence-electron chi connectivity index (χ1n) is 14.9. The molecule has 238 valence electrons. The first-order chi connectivity index (χ1) is 21.7. The van der Waals surface area contributed by atoms with Crippen LogP contribution in [0.15, 0.2) is 83.9 Å². The molecule has 4 amide bonds. The van der Waals surface area contributed by atoms with Gasteiger partial charge >= 0.3 is 0 Å². The molecule has 1 aliphatic heterocycles. The Morgan fingerprint density at radius 1 is 0.867 bits per heavy atom. The number of rotatable bonds is 6. The van der Waals surface area contributed by atoms with Crippen molar-refractivity contribution < 1.29 is 27.6 Å². The van der Waals surface area contributed by atoms with Gasteiger partial charge in [-0.2, -0.15) is 0 Å². The van der Waals surface area contributed by atoms with E-state index in [-0.39, 0.29) is 61.1 Å². The van der Waals surface area contributed by atoms with Gasteiger partial charge in [-0.3, -0.25) is 24.2 Å². The minimum Gasteiger partial charge on any atom is -0.383 e. The summed E-state index contributed by atoms with van der Waals surface area (Å²) in [6, 6.07) is 19.5. The maximum atomic E-state index is 13.4. The van der Waals surface area contributed by atoms with E-state index < -0.39 is 33.6 Å². The summed E-state index contributed by atoms with van der Waals surface area (Å²) in [5.41, 5.74) is 1.60. The molecule has 1 aliphatic rings. The minimum absolute atomic E-state index is 0.0566. The summed E-state index contributed by atoms with van der Waals surface area (Å²) in [5.74, 6) is -1.94. The van der Waals surface area contributed by atoms with E-state index >= 15 is 0 Å². The number of nitrogens with zero attached hydrogens (tertiary/aromatic N) is 2. The molecule has 0 aliphatic carbocycles. The molecule has 4 rings (SSSR count). The molecular weight excluding hydrogens is 596 g/mol. The number of hydrogen-bond acceptors (Lipinski definition) is 8. The monoisotopic (exact) mass is 634 g/mol. The van der Waals surface area contributed by atoms with Crippen LogP contribution in [0, 0.1) is 0 Å². The lowest BCUT2D eigenvalue weighted by atomic mass is 10.0.